The average molecular weight is 299 g/mol. The molecule has 0 aliphatic rings. The lowest BCUT2D eigenvalue weighted by Crippen LogP contribution is -2.44. The van der Waals surface area contributed by atoms with Crippen molar-refractivity contribution in [3.8, 4) is 5.75 Å². The third kappa shape index (κ3) is 3.85. The van der Waals surface area contributed by atoms with Crippen LogP contribution in [-0.2, 0) is 11.2 Å². The Labute approximate surface area is 131 Å². The maximum absolute atomic E-state index is 12.4. The number of anilines is 1. The molecule has 1 amide bonds. The van der Waals surface area contributed by atoms with E-state index in [-0.39, 0.29) is 11.9 Å². The van der Waals surface area contributed by atoms with Gasteiger partial charge in [-0.25, -0.2) is 0 Å². The van der Waals surface area contributed by atoms with E-state index < -0.39 is 0 Å². The molecule has 0 radical (unpaired) electrons. The number of amides is 1. The van der Waals surface area contributed by atoms with Gasteiger partial charge in [-0.05, 0) is 24.1 Å². The number of carbonyl (C=O) groups is 1. The van der Waals surface area contributed by atoms with E-state index in [0.717, 1.165) is 12.8 Å². The normalized spacial score (nSPS) is 11.8. The third-order valence-electron chi connectivity index (χ3n) is 3.65. The average Bonchev–Trinajstić information content (AvgIpc) is 2.55. The summed E-state index contributed by atoms with van der Waals surface area (Å²) < 4.78 is 7.16. The highest BCUT2D eigenvalue weighted by Crippen LogP contribution is 2.23. The second-order valence-corrected chi connectivity index (χ2v) is 5.27. The molecule has 0 aliphatic heterocycles. The van der Waals surface area contributed by atoms with E-state index in [2.05, 4.69) is 24.4 Å². The highest BCUT2D eigenvalue weighted by molar-refractivity contribution is 5.93. The monoisotopic (exact) mass is 299 g/mol. The lowest BCUT2D eigenvalue weighted by molar-refractivity contribution is -0.705. The van der Waals surface area contributed by atoms with Gasteiger partial charge in [0.25, 0.3) is 5.91 Å². The first-order valence-corrected chi connectivity index (χ1v) is 7.59. The van der Waals surface area contributed by atoms with Crippen molar-refractivity contribution in [1.29, 1.82) is 0 Å². The van der Waals surface area contributed by atoms with Gasteiger partial charge < -0.3 is 10.1 Å². The number of rotatable bonds is 6. The molecular weight excluding hydrogens is 276 g/mol. The van der Waals surface area contributed by atoms with E-state index >= 15 is 0 Å². The molecular formula is C18H23N2O2+. The molecule has 0 unspecified atom stereocenters. The summed E-state index contributed by atoms with van der Waals surface area (Å²) in [5.74, 6) is 0.587. The molecule has 0 bridgehead atoms. The number of ether oxygens (including phenoxy) is 1. The number of benzene rings is 1. The van der Waals surface area contributed by atoms with Crippen molar-refractivity contribution in [2.75, 3.05) is 12.4 Å². The van der Waals surface area contributed by atoms with Gasteiger partial charge in [0, 0.05) is 19.1 Å². The summed E-state index contributed by atoms with van der Waals surface area (Å²) in [6.07, 6.45) is 6.09. The number of hydrogen-bond donors (Lipinski definition) is 1. The van der Waals surface area contributed by atoms with E-state index in [1.54, 1.807) is 7.11 Å². The maximum atomic E-state index is 12.4. The third-order valence-corrected chi connectivity index (χ3v) is 3.65. The van der Waals surface area contributed by atoms with Crippen LogP contribution < -0.4 is 14.6 Å². The summed E-state index contributed by atoms with van der Waals surface area (Å²) >= 11 is 0. The number of pyridine rings is 1. The molecule has 0 saturated carbocycles. The zero-order chi connectivity index (χ0) is 15.9. The Morgan fingerprint density at radius 1 is 1.23 bits per heavy atom. The summed E-state index contributed by atoms with van der Waals surface area (Å²) in [5, 5.41) is 2.91. The van der Waals surface area contributed by atoms with Crippen molar-refractivity contribution in [2.24, 2.45) is 0 Å². The van der Waals surface area contributed by atoms with Gasteiger partial charge in [-0.2, -0.15) is 4.57 Å². The van der Waals surface area contributed by atoms with Gasteiger partial charge in [0.15, 0.2) is 12.4 Å². The summed E-state index contributed by atoms with van der Waals surface area (Å²) in [5.41, 5.74) is 1.97. The second kappa shape index (κ2) is 7.59. The van der Waals surface area contributed by atoms with Crippen molar-refractivity contribution >= 4 is 11.6 Å². The van der Waals surface area contributed by atoms with Crippen LogP contribution in [0.1, 0.15) is 31.9 Å². The van der Waals surface area contributed by atoms with E-state index in [9.17, 15) is 4.79 Å². The summed E-state index contributed by atoms with van der Waals surface area (Å²) in [6.45, 7) is 4.04. The van der Waals surface area contributed by atoms with Crippen LogP contribution in [0.2, 0.25) is 0 Å². The van der Waals surface area contributed by atoms with Crippen LogP contribution >= 0.6 is 0 Å². The molecule has 0 spiro atoms. The Balaban J connectivity index is 2.08. The van der Waals surface area contributed by atoms with Crippen LogP contribution in [0.15, 0.2) is 48.8 Å². The van der Waals surface area contributed by atoms with Crippen LogP contribution in [0.25, 0.3) is 0 Å². The molecule has 0 fully saturated rings. The Kier molecular flexibility index (Phi) is 5.53. The molecule has 1 aromatic carbocycles. The van der Waals surface area contributed by atoms with Crippen molar-refractivity contribution in [1.82, 2.24) is 0 Å². The molecule has 0 aliphatic carbocycles. The van der Waals surface area contributed by atoms with Gasteiger partial charge in [0.2, 0.25) is 6.04 Å². The minimum Gasteiger partial charge on any atom is -0.495 e. The number of nitrogens with one attached hydrogen (secondary N) is 1. The number of methoxy groups -OCH3 is 1. The number of aromatic nitrogens is 1. The maximum Gasteiger partial charge on any atom is 0.293 e. The SMILES string of the molecule is CCCc1cc[n+]([C@@H](C)C(=O)Nc2ccccc2OC)cc1. The van der Waals surface area contributed by atoms with E-state index in [0.29, 0.717) is 11.4 Å². The predicted molar refractivity (Wildman–Crippen MR) is 87.0 cm³/mol. The van der Waals surface area contributed by atoms with Gasteiger partial charge in [0.05, 0.1) is 12.8 Å². The fraction of sp³-hybridized carbons (Fsp3) is 0.333. The van der Waals surface area contributed by atoms with Crippen molar-refractivity contribution in [3.05, 3.63) is 54.4 Å². The second-order valence-electron chi connectivity index (χ2n) is 5.27. The van der Waals surface area contributed by atoms with Gasteiger partial charge in [-0.15, -0.1) is 0 Å². The smallest absolute Gasteiger partial charge is 0.293 e. The summed E-state index contributed by atoms with van der Waals surface area (Å²) in [7, 11) is 1.59. The van der Waals surface area contributed by atoms with E-state index in [4.69, 9.17) is 4.74 Å². The minimum absolute atomic E-state index is 0.0715. The largest absolute Gasteiger partial charge is 0.495 e. The lowest BCUT2D eigenvalue weighted by Gasteiger charge is -2.11. The summed E-state index contributed by atoms with van der Waals surface area (Å²) in [6, 6.07) is 11.2. The van der Waals surface area contributed by atoms with Crippen LogP contribution in [0.5, 0.6) is 5.75 Å². The number of carbonyl (C=O) groups excluding carboxylic acids is 1. The van der Waals surface area contributed by atoms with Gasteiger partial charge in [-0.3, -0.25) is 4.79 Å². The van der Waals surface area contributed by atoms with E-state index in [1.165, 1.54) is 5.56 Å². The zero-order valence-corrected chi connectivity index (χ0v) is 13.4. The van der Waals surface area contributed by atoms with Crippen LogP contribution in [0, 0.1) is 0 Å². The van der Waals surface area contributed by atoms with Crippen LogP contribution in [0.3, 0.4) is 0 Å². The number of hydrogen-bond acceptors (Lipinski definition) is 2. The molecule has 1 N–H and O–H groups in total. The molecule has 4 nitrogen and oxygen atoms in total. The number of nitrogens with zero attached hydrogens (tertiary/aromatic N) is 1. The molecule has 1 atom stereocenters. The number of aryl methyl sites for hydroxylation is 1. The van der Waals surface area contributed by atoms with Crippen molar-refractivity contribution < 1.29 is 14.1 Å². The molecule has 2 aromatic rings. The van der Waals surface area contributed by atoms with Crippen molar-refractivity contribution in [2.45, 2.75) is 32.7 Å². The highest BCUT2D eigenvalue weighted by Gasteiger charge is 2.22. The predicted octanol–water partition coefficient (Wildman–Crippen LogP) is 3.13. The Bertz CT molecular complexity index is 623. The number of para-hydroxylation sites is 2. The summed E-state index contributed by atoms with van der Waals surface area (Å²) in [4.78, 5) is 12.4. The quantitative estimate of drug-likeness (QED) is 0.833. The standard InChI is InChI=1S/C18H22N2O2/c1-4-7-15-10-12-20(13-11-15)14(2)18(21)19-16-8-5-6-9-17(16)22-3/h5-6,8-14H,4,7H2,1-3H3/p+1/t14-/m0/s1. The zero-order valence-electron chi connectivity index (χ0n) is 13.4. The van der Waals surface area contributed by atoms with Crippen molar-refractivity contribution in [3.63, 3.8) is 0 Å². The van der Waals surface area contributed by atoms with Crippen LogP contribution in [0.4, 0.5) is 5.69 Å². The first-order chi connectivity index (χ1) is 10.7. The lowest BCUT2D eigenvalue weighted by atomic mass is 10.1. The first-order valence-electron chi connectivity index (χ1n) is 7.59. The van der Waals surface area contributed by atoms with Gasteiger partial charge >= 0.3 is 0 Å². The fourth-order valence-corrected chi connectivity index (χ4v) is 2.30. The van der Waals surface area contributed by atoms with Crippen LogP contribution in [-0.4, -0.2) is 13.0 Å². The fourth-order valence-electron chi connectivity index (χ4n) is 2.30. The molecule has 4 heteroatoms. The molecule has 1 aromatic heterocycles. The Morgan fingerprint density at radius 2 is 1.91 bits per heavy atom. The molecule has 0 saturated heterocycles. The van der Waals surface area contributed by atoms with E-state index in [1.807, 2.05) is 48.1 Å². The van der Waals surface area contributed by atoms with Gasteiger partial charge in [-0.1, -0.05) is 25.5 Å². The molecule has 2 rings (SSSR count). The topological polar surface area (TPSA) is 42.2 Å². The molecule has 22 heavy (non-hydrogen) atoms. The first kappa shape index (κ1) is 16.0. The van der Waals surface area contributed by atoms with Gasteiger partial charge in [0.1, 0.15) is 5.75 Å². The Hall–Kier alpha value is -2.36. The highest BCUT2D eigenvalue weighted by atomic mass is 16.5. The molecule has 116 valence electrons. The Morgan fingerprint density at radius 3 is 2.55 bits per heavy atom. The minimum atomic E-state index is -0.291. The molecule has 1 heterocycles.